The molecule has 21 heavy (non-hydrogen) atoms. The Hall–Kier alpha value is -1.45. The first-order valence-corrected chi connectivity index (χ1v) is 8.19. The largest absolute Gasteiger partial charge is 0.339 e. The number of rotatable bonds is 3. The monoisotopic (exact) mass is 331 g/mol. The van der Waals surface area contributed by atoms with E-state index in [1.54, 1.807) is 14.0 Å². The molecule has 0 amide bonds. The second-order valence-electron chi connectivity index (χ2n) is 4.95. The Morgan fingerprint density at radius 1 is 1.48 bits per heavy atom. The van der Waals surface area contributed by atoms with Gasteiger partial charge in [-0.25, -0.2) is 8.42 Å². The molecule has 1 unspecified atom stereocenters. The number of hydrogen-bond acceptors (Lipinski definition) is 6. The fourth-order valence-corrected chi connectivity index (χ4v) is 4.54. The van der Waals surface area contributed by atoms with Crippen molar-refractivity contribution in [2.45, 2.75) is 24.3 Å². The van der Waals surface area contributed by atoms with Gasteiger partial charge in [-0.1, -0.05) is 16.8 Å². The van der Waals surface area contributed by atoms with E-state index in [1.807, 2.05) is 0 Å². The number of nitrogens with zero attached hydrogens (tertiary/aromatic N) is 5. The average molecular weight is 332 g/mol. The van der Waals surface area contributed by atoms with Gasteiger partial charge in [0.25, 0.3) is 10.0 Å². The molecule has 2 aromatic heterocycles. The zero-order valence-electron chi connectivity index (χ0n) is 11.5. The van der Waals surface area contributed by atoms with Gasteiger partial charge >= 0.3 is 0 Å². The van der Waals surface area contributed by atoms with Crippen molar-refractivity contribution in [3.63, 3.8) is 0 Å². The molecule has 1 aliphatic heterocycles. The Morgan fingerprint density at radius 3 is 2.81 bits per heavy atom. The lowest BCUT2D eigenvalue weighted by molar-refractivity contribution is 0.351. The molecule has 0 aromatic carbocycles. The van der Waals surface area contributed by atoms with Crippen LogP contribution in [0.4, 0.5) is 0 Å². The number of halogens is 1. The molecule has 0 spiro atoms. The summed E-state index contributed by atoms with van der Waals surface area (Å²) in [5.74, 6) is 0.926. The van der Waals surface area contributed by atoms with Crippen molar-refractivity contribution in [2.75, 3.05) is 13.1 Å². The molecular weight excluding hydrogens is 318 g/mol. The number of aromatic nitrogens is 4. The molecule has 114 valence electrons. The average Bonchev–Trinajstić information content (AvgIpc) is 3.09. The highest BCUT2D eigenvalue weighted by atomic mass is 35.5. The third-order valence-electron chi connectivity index (χ3n) is 3.47. The van der Waals surface area contributed by atoms with E-state index in [2.05, 4.69) is 15.2 Å². The molecule has 0 N–H and O–H groups in total. The number of aryl methyl sites for hydroxylation is 2. The predicted octanol–water partition coefficient (Wildman–Crippen LogP) is 0.943. The van der Waals surface area contributed by atoms with E-state index in [1.165, 1.54) is 15.2 Å². The molecule has 1 saturated heterocycles. The van der Waals surface area contributed by atoms with E-state index in [9.17, 15) is 8.42 Å². The molecule has 1 aliphatic rings. The smallest absolute Gasteiger partial charge is 0.261 e. The molecule has 3 heterocycles. The highest BCUT2D eigenvalue weighted by Crippen LogP contribution is 2.32. The molecule has 8 nitrogen and oxygen atoms in total. The van der Waals surface area contributed by atoms with E-state index in [0.717, 1.165) is 0 Å². The summed E-state index contributed by atoms with van der Waals surface area (Å²) >= 11 is 5.93. The SMILES string of the molecule is Cc1noc(C2CCN(S(=O)(=O)c3c(Cl)cnn3C)C2)n1. The fourth-order valence-electron chi connectivity index (χ4n) is 2.44. The topological polar surface area (TPSA) is 94.1 Å². The van der Waals surface area contributed by atoms with Crippen LogP contribution in [0.5, 0.6) is 0 Å². The van der Waals surface area contributed by atoms with Gasteiger partial charge in [0.05, 0.1) is 17.1 Å². The fraction of sp³-hybridized carbons (Fsp3) is 0.545. The molecule has 1 atom stereocenters. The maximum Gasteiger partial charge on any atom is 0.261 e. The molecule has 10 heteroatoms. The van der Waals surface area contributed by atoms with Crippen LogP contribution < -0.4 is 0 Å². The second-order valence-corrected chi connectivity index (χ2v) is 7.21. The van der Waals surface area contributed by atoms with E-state index in [4.69, 9.17) is 16.1 Å². The first-order valence-electron chi connectivity index (χ1n) is 6.37. The van der Waals surface area contributed by atoms with Crippen molar-refractivity contribution in [3.8, 4) is 0 Å². The lowest BCUT2D eigenvalue weighted by atomic mass is 10.1. The first kappa shape index (κ1) is 14.5. The van der Waals surface area contributed by atoms with Crippen molar-refractivity contribution in [3.05, 3.63) is 22.9 Å². The van der Waals surface area contributed by atoms with Gasteiger partial charge in [0.2, 0.25) is 5.89 Å². The highest BCUT2D eigenvalue weighted by molar-refractivity contribution is 7.89. The Morgan fingerprint density at radius 2 is 2.24 bits per heavy atom. The molecule has 0 saturated carbocycles. The minimum atomic E-state index is -3.68. The zero-order valence-corrected chi connectivity index (χ0v) is 13.1. The van der Waals surface area contributed by atoms with Gasteiger partial charge in [-0.2, -0.15) is 14.4 Å². The van der Waals surface area contributed by atoms with Crippen LogP contribution in [0.15, 0.2) is 15.7 Å². The summed E-state index contributed by atoms with van der Waals surface area (Å²) in [6, 6.07) is 0. The van der Waals surface area contributed by atoms with Gasteiger partial charge in [-0.15, -0.1) is 0 Å². The second kappa shape index (κ2) is 5.08. The van der Waals surface area contributed by atoms with Crippen LogP contribution in [-0.4, -0.2) is 45.7 Å². The lowest BCUT2D eigenvalue weighted by Crippen LogP contribution is -2.30. The third kappa shape index (κ3) is 2.45. The molecule has 3 rings (SSSR count). The molecular formula is C11H14ClN5O3S. The van der Waals surface area contributed by atoms with Crippen molar-refractivity contribution in [1.82, 2.24) is 24.2 Å². The van der Waals surface area contributed by atoms with E-state index in [-0.39, 0.29) is 16.0 Å². The minimum Gasteiger partial charge on any atom is -0.339 e. The molecule has 0 bridgehead atoms. The predicted molar refractivity (Wildman–Crippen MR) is 73.4 cm³/mol. The van der Waals surface area contributed by atoms with E-state index < -0.39 is 10.0 Å². The Bertz CT molecular complexity index is 749. The third-order valence-corrected chi connectivity index (χ3v) is 5.84. The van der Waals surface area contributed by atoms with Gasteiger partial charge in [-0.05, 0) is 13.3 Å². The van der Waals surface area contributed by atoms with Crippen LogP contribution in [0.25, 0.3) is 0 Å². The molecule has 0 radical (unpaired) electrons. The van der Waals surface area contributed by atoms with Gasteiger partial charge < -0.3 is 4.52 Å². The van der Waals surface area contributed by atoms with E-state index in [0.29, 0.717) is 31.2 Å². The summed E-state index contributed by atoms with van der Waals surface area (Å²) in [5, 5.41) is 7.74. The quantitative estimate of drug-likeness (QED) is 0.831. The van der Waals surface area contributed by atoms with Crippen LogP contribution in [0.2, 0.25) is 5.02 Å². The summed E-state index contributed by atoms with van der Waals surface area (Å²) in [5.41, 5.74) is 0. The highest BCUT2D eigenvalue weighted by Gasteiger charge is 2.38. The van der Waals surface area contributed by atoms with Gasteiger partial charge in [0.1, 0.15) is 0 Å². The summed E-state index contributed by atoms with van der Waals surface area (Å²) in [7, 11) is -2.13. The van der Waals surface area contributed by atoms with Gasteiger partial charge in [0, 0.05) is 20.1 Å². The lowest BCUT2D eigenvalue weighted by Gasteiger charge is -2.16. The van der Waals surface area contributed by atoms with Gasteiger partial charge in [0.15, 0.2) is 10.9 Å². The maximum atomic E-state index is 12.6. The molecule has 2 aromatic rings. The number of sulfonamides is 1. The summed E-state index contributed by atoms with van der Waals surface area (Å²) in [4.78, 5) is 4.16. The van der Waals surface area contributed by atoms with Crippen LogP contribution >= 0.6 is 11.6 Å². The summed E-state index contributed by atoms with van der Waals surface area (Å²) in [6.45, 7) is 2.41. The van der Waals surface area contributed by atoms with Crippen molar-refractivity contribution >= 4 is 21.6 Å². The zero-order chi connectivity index (χ0) is 15.2. The van der Waals surface area contributed by atoms with E-state index >= 15 is 0 Å². The summed E-state index contributed by atoms with van der Waals surface area (Å²) < 4.78 is 33.0. The van der Waals surface area contributed by atoms with Crippen LogP contribution in [0.3, 0.4) is 0 Å². The van der Waals surface area contributed by atoms with Crippen LogP contribution in [0, 0.1) is 6.92 Å². The standard InChI is InChI=1S/C11H14ClN5O3S/c1-7-14-10(20-15-7)8-3-4-17(6-8)21(18,19)11-9(12)5-13-16(11)2/h5,8H,3-4,6H2,1-2H3. The van der Waals surface area contributed by atoms with Crippen molar-refractivity contribution in [1.29, 1.82) is 0 Å². The molecule has 1 fully saturated rings. The minimum absolute atomic E-state index is 0.00604. The normalized spacial score (nSPS) is 20.2. The van der Waals surface area contributed by atoms with Crippen LogP contribution in [-0.2, 0) is 17.1 Å². The first-order chi connectivity index (χ1) is 9.89. The van der Waals surface area contributed by atoms with Crippen molar-refractivity contribution in [2.24, 2.45) is 7.05 Å². The molecule has 0 aliphatic carbocycles. The Balaban J connectivity index is 1.86. The van der Waals surface area contributed by atoms with Crippen molar-refractivity contribution < 1.29 is 12.9 Å². The maximum absolute atomic E-state index is 12.6. The van der Waals surface area contributed by atoms with Gasteiger partial charge in [-0.3, -0.25) is 4.68 Å². The van der Waals surface area contributed by atoms with Crippen LogP contribution in [0.1, 0.15) is 24.1 Å². The summed E-state index contributed by atoms with van der Waals surface area (Å²) in [6.07, 6.45) is 1.96. The Kier molecular flexibility index (Phi) is 3.50. The Labute approximate surface area is 126 Å². The number of hydrogen-bond donors (Lipinski definition) is 0.